The Morgan fingerprint density at radius 3 is 2.51 bits per heavy atom. The van der Waals surface area contributed by atoms with Crippen molar-refractivity contribution in [2.45, 2.75) is 37.9 Å². The minimum absolute atomic E-state index is 0.0208. The van der Waals surface area contributed by atoms with Gasteiger partial charge in [0.1, 0.15) is 23.4 Å². The van der Waals surface area contributed by atoms with E-state index in [2.05, 4.69) is 30.7 Å². The molecule has 1 N–H and O–H groups in total. The van der Waals surface area contributed by atoms with Gasteiger partial charge in [-0.3, -0.25) is 14.6 Å². The lowest BCUT2D eigenvalue weighted by atomic mass is 9.85. The second kappa shape index (κ2) is 11.7. The van der Waals surface area contributed by atoms with Crippen LogP contribution < -0.4 is 5.32 Å². The van der Waals surface area contributed by atoms with Crippen LogP contribution in [0, 0.1) is 11.8 Å². The highest BCUT2D eigenvalue weighted by molar-refractivity contribution is 5.96. The monoisotopic (exact) mass is 616 g/mol. The first kappa shape index (κ1) is 28.6. The van der Waals surface area contributed by atoms with E-state index in [4.69, 9.17) is 4.42 Å². The second-order valence-corrected chi connectivity index (χ2v) is 11.2. The molecule has 11 nitrogen and oxygen atoms in total. The number of rotatable bonds is 8. The Balaban J connectivity index is 1.05. The number of nitrogens with one attached hydrogen (secondary N) is 1. The van der Waals surface area contributed by atoms with Crippen molar-refractivity contribution in [3.05, 3.63) is 83.9 Å². The van der Waals surface area contributed by atoms with E-state index in [-0.39, 0.29) is 35.7 Å². The first-order chi connectivity index (χ1) is 21.8. The van der Waals surface area contributed by atoms with Crippen LogP contribution in [-0.2, 0) is 4.79 Å². The summed E-state index contributed by atoms with van der Waals surface area (Å²) < 4.78 is 45.6. The van der Waals surface area contributed by atoms with Crippen molar-refractivity contribution in [1.29, 1.82) is 0 Å². The van der Waals surface area contributed by atoms with Crippen LogP contribution in [0.5, 0.6) is 0 Å². The summed E-state index contributed by atoms with van der Waals surface area (Å²) in [6.45, 7) is 0.854. The summed E-state index contributed by atoms with van der Waals surface area (Å²) in [5.74, 6) is -1.58. The Hall–Kier alpha value is -5.14. The fraction of sp³-hybridized carbons (Fsp3) is 0.323. The van der Waals surface area contributed by atoms with Crippen LogP contribution in [0.15, 0.2) is 71.3 Å². The van der Waals surface area contributed by atoms with Crippen molar-refractivity contribution < 1.29 is 27.2 Å². The summed E-state index contributed by atoms with van der Waals surface area (Å²) in [7, 11) is 0. The molecule has 1 saturated heterocycles. The van der Waals surface area contributed by atoms with Crippen molar-refractivity contribution in [2.24, 2.45) is 11.8 Å². The van der Waals surface area contributed by atoms with E-state index in [1.165, 1.54) is 11.0 Å². The number of nitrogens with zero attached hydrogens (tertiary/aromatic N) is 7. The number of piperidine rings is 1. The van der Waals surface area contributed by atoms with E-state index < -0.39 is 30.4 Å². The van der Waals surface area contributed by atoms with Gasteiger partial charge < -0.3 is 14.6 Å². The first-order valence-corrected chi connectivity index (χ1v) is 14.6. The number of fused-ring (bicyclic) bond motifs is 1. The van der Waals surface area contributed by atoms with E-state index in [1.807, 2.05) is 30.3 Å². The molecule has 5 aromatic rings. The zero-order valence-electron chi connectivity index (χ0n) is 23.8. The van der Waals surface area contributed by atoms with Crippen LogP contribution in [0.1, 0.15) is 53.6 Å². The van der Waals surface area contributed by atoms with Gasteiger partial charge in [0, 0.05) is 30.5 Å². The molecule has 14 heteroatoms. The molecule has 2 aliphatic rings. The molecule has 2 amide bonds. The van der Waals surface area contributed by atoms with Crippen molar-refractivity contribution in [3.8, 4) is 11.5 Å². The molecule has 2 aromatic carbocycles. The maximum absolute atomic E-state index is 13.5. The van der Waals surface area contributed by atoms with Gasteiger partial charge in [-0.15, -0.1) is 10.2 Å². The molecule has 1 aliphatic carbocycles. The standard InChI is InChI=1S/C31H27F3N8O3/c32-22-16-21(22)29(43)36-20-6-7-25-23(15-20)37-30(45-25)19-8-11-35-24(14-19)31(44)41-12-9-18(10-13-41)26(17-4-2-1-3-5-17)42-39-28(27(33)34)38-40-42/h1-8,11,14-15,18,21-22,26-27H,9-10,12-13,16H2,(H,36,43). The largest absolute Gasteiger partial charge is 0.436 e. The van der Waals surface area contributed by atoms with E-state index in [0.717, 1.165) is 5.56 Å². The number of anilines is 1. The van der Waals surface area contributed by atoms with Gasteiger partial charge in [0.25, 0.3) is 5.91 Å². The van der Waals surface area contributed by atoms with Crippen LogP contribution in [0.3, 0.4) is 0 Å². The molecule has 45 heavy (non-hydrogen) atoms. The van der Waals surface area contributed by atoms with Gasteiger partial charge >= 0.3 is 6.43 Å². The number of benzene rings is 2. The fourth-order valence-electron chi connectivity index (χ4n) is 5.75. The zero-order valence-corrected chi connectivity index (χ0v) is 23.8. The summed E-state index contributed by atoms with van der Waals surface area (Å²) in [6.07, 6.45) is -0.977. The molecular formula is C31H27F3N8O3. The van der Waals surface area contributed by atoms with Crippen LogP contribution in [0.2, 0.25) is 0 Å². The summed E-state index contributed by atoms with van der Waals surface area (Å²) in [6, 6.07) is 17.3. The number of aromatic nitrogens is 6. The van der Waals surface area contributed by atoms with Crippen molar-refractivity contribution in [3.63, 3.8) is 0 Å². The molecule has 0 spiro atoms. The Kier molecular flexibility index (Phi) is 7.47. The lowest BCUT2D eigenvalue weighted by molar-refractivity contribution is -0.117. The molecule has 3 atom stereocenters. The molecule has 7 rings (SSSR count). The predicted molar refractivity (Wildman–Crippen MR) is 155 cm³/mol. The SMILES string of the molecule is O=C(Nc1ccc2oc(-c3ccnc(C(=O)N4CCC(C(c5ccccc5)n5nnc(C(F)F)n5)CC4)c3)nc2c1)C1CC1F. The summed E-state index contributed by atoms with van der Waals surface area (Å²) in [4.78, 5) is 37.4. The van der Waals surface area contributed by atoms with Crippen molar-refractivity contribution in [1.82, 2.24) is 35.1 Å². The van der Waals surface area contributed by atoms with Gasteiger partial charge in [-0.25, -0.2) is 18.2 Å². The first-order valence-electron chi connectivity index (χ1n) is 14.6. The van der Waals surface area contributed by atoms with Gasteiger partial charge in [0.2, 0.25) is 17.6 Å². The lowest BCUT2D eigenvalue weighted by Crippen LogP contribution is -2.41. The van der Waals surface area contributed by atoms with Gasteiger partial charge in [0.05, 0.1) is 5.92 Å². The predicted octanol–water partition coefficient (Wildman–Crippen LogP) is 5.25. The van der Waals surface area contributed by atoms with Crippen LogP contribution in [-0.4, -0.2) is 66.2 Å². The van der Waals surface area contributed by atoms with Crippen molar-refractivity contribution >= 4 is 28.6 Å². The number of alkyl halides is 3. The smallest absolute Gasteiger partial charge is 0.301 e. The minimum atomic E-state index is -2.82. The topological polar surface area (TPSA) is 132 Å². The molecule has 3 unspecified atom stereocenters. The molecule has 0 bridgehead atoms. The summed E-state index contributed by atoms with van der Waals surface area (Å²) in [5, 5.41) is 14.1. The average molecular weight is 617 g/mol. The number of tetrazole rings is 1. The van der Waals surface area contributed by atoms with E-state index >= 15 is 0 Å². The van der Waals surface area contributed by atoms with E-state index in [0.29, 0.717) is 48.3 Å². The molecule has 0 radical (unpaired) electrons. The van der Waals surface area contributed by atoms with Crippen LogP contribution >= 0.6 is 0 Å². The highest BCUT2D eigenvalue weighted by Gasteiger charge is 2.43. The maximum Gasteiger partial charge on any atom is 0.301 e. The third-order valence-corrected chi connectivity index (χ3v) is 8.23. The number of oxazole rings is 1. The Bertz CT molecular complexity index is 1860. The molecule has 1 aliphatic heterocycles. The second-order valence-electron chi connectivity index (χ2n) is 11.2. The van der Waals surface area contributed by atoms with E-state index in [9.17, 15) is 22.8 Å². The number of carbonyl (C=O) groups is 2. The van der Waals surface area contributed by atoms with E-state index in [1.54, 1.807) is 35.2 Å². The third-order valence-electron chi connectivity index (χ3n) is 8.23. The maximum atomic E-state index is 13.5. The quantitative estimate of drug-likeness (QED) is 0.250. The number of halogens is 3. The Labute approximate surface area is 254 Å². The molecule has 1 saturated carbocycles. The number of likely N-dealkylation sites (tertiary alicyclic amines) is 1. The molecular weight excluding hydrogens is 589 g/mol. The highest BCUT2D eigenvalue weighted by atomic mass is 19.3. The fourth-order valence-corrected chi connectivity index (χ4v) is 5.75. The molecule has 2 fully saturated rings. The average Bonchev–Trinajstić information content (AvgIpc) is 3.40. The minimum Gasteiger partial charge on any atom is -0.436 e. The van der Waals surface area contributed by atoms with Gasteiger partial charge in [-0.2, -0.15) is 4.80 Å². The highest BCUT2D eigenvalue weighted by Crippen LogP contribution is 2.36. The number of amides is 2. The summed E-state index contributed by atoms with van der Waals surface area (Å²) >= 11 is 0. The lowest BCUT2D eigenvalue weighted by Gasteiger charge is -2.35. The van der Waals surface area contributed by atoms with Crippen LogP contribution in [0.4, 0.5) is 18.9 Å². The van der Waals surface area contributed by atoms with Crippen LogP contribution in [0.25, 0.3) is 22.6 Å². The Morgan fingerprint density at radius 2 is 1.80 bits per heavy atom. The normalized spacial score (nSPS) is 19.2. The molecule has 4 heterocycles. The number of pyridine rings is 1. The molecule has 230 valence electrons. The zero-order chi connectivity index (χ0) is 31.1. The number of hydrogen-bond acceptors (Lipinski definition) is 8. The number of hydrogen-bond donors (Lipinski definition) is 1. The molecule has 3 aromatic heterocycles. The van der Waals surface area contributed by atoms with Gasteiger partial charge in [-0.05, 0) is 66.3 Å². The van der Waals surface area contributed by atoms with Gasteiger partial charge in [0.15, 0.2) is 5.58 Å². The van der Waals surface area contributed by atoms with Crippen molar-refractivity contribution in [2.75, 3.05) is 18.4 Å². The summed E-state index contributed by atoms with van der Waals surface area (Å²) in [5.41, 5.74) is 3.13. The number of carbonyl (C=O) groups excluding carboxylic acids is 2. The third kappa shape index (κ3) is 5.87. The van der Waals surface area contributed by atoms with Gasteiger partial charge in [-0.1, -0.05) is 30.3 Å². The Morgan fingerprint density at radius 1 is 1.02 bits per heavy atom.